The summed E-state index contributed by atoms with van der Waals surface area (Å²) >= 11 is 0. The Morgan fingerprint density at radius 3 is 2.19 bits per heavy atom. The number of carbonyl (C=O) groups is 1. The summed E-state index contributed by atoms with van der Waals surface area (Å²) in [6.45, 7) is 5.21. The molecule has 2 aliphatic rings. The third-order valence-electron chi connectivity index (χ3n) is 4.67. The van der Waals surface area contributed by atoms with Gasteiger partial charge in [-0.2, -0.15) is 17.0 Å². The molecule has 2 heterocycles. The molecule has 1 aromatic rings. The summed E-state index contributed by atoms with van der Waals surface area (Å²) in [7, 11) is -3.60. The average molecular weight is 385 g/mol. The van der Waals surface area contributed by atoms with E-state index in [1.165, 1.54) is 31.7 Å². The van der Waals surface area contributed by atoms with Gasteiger partial charge in [0.2, 0.25) is 0 Å². The second-order valence-corrected chi connectivity index (χ2v) is 8.68. The fourth-order valence-corrected chi connectivity index (χ4v) is 5.16. The van der Waals surface area contributed by atoms with Crippen LogP contribution < -0.4 is 0 Å². The number of halogens is 1. The summed E-state index contributed by atoms with van der Waals surface area (Å²) in [6, 6.07) is 5.82. The van der Waals surface area contributed by atoms with Crippen LogP contribution in [0, 0.1) is 5.82 Å². The smallest absolute Gasteiger partial charge is 0.282 e. The lowest BCUT2D eigenvalue weighted by molar-refractivity contribution is -0.0457. The predicted octanol–water partition coefficient (Wildman–Crippen LogP) is 0.938. The third kappa shape index (κ3) is 3.90. The topological polar surface area (TPSA) is 70.2 Å². The number of piperazine rings is 1. The lowest BCUT2D eigenvalue weighted by atomic mass is 10.1. The van der Waals surface area contributed by atoms with Crippen LogP contribution in [0.4, 0.5) is 4.39 Å². The van der Waals surface area contributed by atoms with Gasteiger partial charge in [-0.3, -0.25) is 4.79 Å². The summed E-state index contributed by atoms with van der Waals surface area (Å²) < 4.78 is 48.0. The Hall–Kier alpha value is -1.55. The first-order chi connectivity index (χ1) is 12.3. The van der Waals surface area contributed by atoms with Crippen molar-refractivity contribution in [3.8, 4) is 0 Å². The van der Waals surface area contributed by atoms with Gasteiger partial charge < -0.3 is 9.64 Å². The normalized spacial score (nSPS) is 26.0. The minimum atomic E-state index is -3.60. The number of rotatable bonds is 3. The molecule has 1 aromatic carbocycles. The highest BCUT2D eigenvalue weighted by Gasteiger charge is 2.37. The van der Waals surface area contributed by atoms with Gasteiger partial charge in [0.1, 0.15) is 5.82 Å². The fourth-order valence-electron chi connectivity index (χ4n) is 3.41. The van der Waals surface area contributed by atoms with E-state index in [4.69, 9.17) is 4.74 Å². The molecular weight excluding hydrogens is 361 g/mol. The van der Waals surface area contributed by atoms with Crippen molar-refractivity contribution >= 4 is 16.1 Å². The van der Waals surface area contributed by atoms with E-state index in [-0.39, 0.29) is 44.0 Å². The van der Waals surface area contributed by atoms with Gasteiger partial charge in [-0.1, -0.05) is 12.1 Å². The molecule has 7 nitrogen and oxygen atoms in total. The molecular formula is C17H24FN3O4S. The van der Waals surface area contributed by atoms with Crippen LogP contribution in [0.15, 0.2) is 24.3 Å². The summed E-state index contributed by atoms with van der Waals surface area (Å²) in [6.07, 6.45) is -0.310. The first kappa shape index (κ1) is 19.2. The molecule has 3 rings (SSSR count). The van der Waals surface area contributed by atoms with E-state index in [1.807, 2.05) is 13.8 Å². The maximum absolute atomic E-state index is 13.8. The van der Waals surface area contributed by atoms with Crippen LogP contribution in [0.1, 0.15) is 24.2 Å². The Balaban J connectivity index is 1.64. The van der Waals surface area contributed by atoms with Crippen molar-refractivity contribution in [2.24, 2.45) is 0 Å². The molecule has 2 aliphatic heterocycles. The molecule has 2 fully saturated rings. The van der Waals surface area contributed by atoms with Crippen LogP contribution in [0.2, 0.25) is 0 Å². The number of amides is 1. The summed E-state index contributed by atoms with van der Waals surface area (Å²) in [5.74, 6) is -0.974. The lowest BCUT2D eigenvalue weighted by Crippen LogP contribution is -2.57. The van der Waals surface area contributed by atoms with Gasteiger partial charge in [-0.15, -0.1) is 0 Å². The minimum absolute atomic E-state index is 0.0136. The number of ether oxygens (including phenoxy) is 1. The molecule has 0 aromatic heterocycles. The Morgan fingerprint density at radius 2 is 1.62 bits per heavy atom. The summed E-state index contributed by atoms with van der Waals surface area (Å²) in [5.41, 5.74) is 0.0136. The van der Waals surface area contributed by atoms with Crippen molar-refractivity contribution in [3.63, 3.8) is 0 Å². The van der Waals surface area contributed by atoms with Gasteiger partial charge >= 0.3 is 0 Å². The molecule has 26 heavy (non-hydrogen) atoms. The van der Waals surface area contributed by atoms with Crippen LogP contribution in [0.25, 0.3) is 0 Å². The van der Waals surface area contributed by atoms with Gasteiger partial charge in [0.15, 0.2) is 0 Å². The molecule has 0 N–H and O–H groups in total. The SMILES string of the molecule is C[C@@H]1CN(S(=O)(=O)N2CCN(C(=O)c3ccccc3F)CC2)C[C@@H](C)O1. The van der Waals surface area contributed by atoms with E-state index in [2.05, 4.69) is 0 Å². The highest BCUT2D eigenvalue weighted by molar-refractivity contribution is 7.86. The quantitative estimate of drug-likeness (QED) is 0.776. The van der Waals surface area contributed by atoms with Gasteiger partial charge in [-0.05, 0) is 26.0 Å². The van der Waals surface area contributed by atoms with Crippen LogP contribution in [-0.2, 0) is 14.9 Å². The molecule has 0 unspecified atom stereocenters. The molecule has 2 atom stereocenters. The van der Waals surface area contributed by atoms with Gasteiger partial charge in [0.25, 0.3) is 16.1 Å². The Kier molecular flexibility index (Phi) is 5.61. The number of nitrogens with zero attached hydrogens (tertiary/aromatic N) is 3. The van der Waals surface area contributed by atoms with Gasteiger partial charge in [0.05, 0.1) is 17.8 Å². The summed E-state index contributed by atoms with van der Waals surface area (Å²) in [4.78, 5) is 14.0. The molecule has 0 saturated carbocycles. The zero-order valence-corrected chi connectivity index (χ0v) is 15.8. The Morgan fingerprint density at radius 1 is 1.04 bits per heavy atom. The van der Waals surface area contributed by atoms with Crippen molar-refractivity contribution in [1.82, 2.24) is 13.5 Å². The first-order valence-electron chi connectivity index (χ1n) is 8.73. The molecule has 0 aliphatic carbocycles. The number of morpholine rings is 1. The summed E-state index contributed by atoms with van der Waals surface area (Å²) in [5, 5.41) is 0. The van der Waals surface area contributed by atoms with Gasteiger partial charge in [0, 0.05) is 39.3 Å². The zero-order valence-electron chi connectivity index (χ0n) is 15.0. The minimum Gasteiger partial charge on any atom is -0.373 e. The van der Waals surface area contributed by atoms with Crippen molar-refractivity contribution < 1.29 is 22.3 Å². The van der Waals surface area contributed by atoms with Gasteiger partial charge in [-0.25, -0.2) is 4.39 Å². The highest BCUT2D eigenvalue weighted by Crippen LogP contribution is 2.20. The van der Waals surface area contributed by atoms with Crippen LogP contribution in [0.5, 0.6) is 0 Å². The maximum atomic E-state index is 13.8. The number of benzene rings is 1. The molecule has 0 bridgehead atoms. The zero-order chi connectivity index (χ0) is 18.9. The average Bonchev–Trinajstić information content (AvgIpc) is 2.61. The molecule has 9 heteroatoms. The Labute approximate surface area is 153 Å². The highest BCUT2D eigenvalue weighted by atomic mass is 32.2. The van der Waals surface area contributed by atoms with E-state index in [0.717, 1.165) is 0 Å². The van der Waals surface area contributed by atoms with Crippen molar-refractivity contribution in [3.05, 3.63) is 35.6 Å². The van der Waals surface area contributed by atoms with Crippen molar-refractivity contribution in [2.45, 2.75) is 26.1 Å². The predicted molar refractivity (Wildman–Crippen MR) is 94.4 cm³/mol. The molecule has 2 saturated heterocycles. The molecule has 1 amide bonds. The maximum Gasteiger partial charge on any atom is 0.282 e. The second kappa shape index (κ2) is 7.59. The lowest BCUT2D eigenvalue weighted by Gasteiger charge is -2.40. The molecule has 0 spiro atoms. The van der Waals surface area contributed by atoms with E-state index < -0.39 is 21.9 Å². The fraction of sp³-hybridized carbons (Fsp3) is 0.588. The molecule has 0 radical (unpaired) electrons. The first-order valence-corrected chi connectivity index (χ1v) is 10.1. The number of carbonyl (C=O) groups excluding carboxylic acids is 1. The van der Waals surface area contributed by atoms with Crippen LogP contribution in [-0.4, -0.2) is 79.3 Å². The largest absolute Gasteiger partial charge is 0.373 e. The monoisotopic (exact) mass is 385 g/mol. The number of hydrogen-bond acceptors (Lipinski definition) is 4. The number of hydrogen-bond donors (Lipinski definition) is 0. The Bertz CT molecular complexity index is 755. The van der Waals surface area contributed by atoms with E-state index in [1.54, 1.807) is 6.07 Å². The van der Waals surface area contributed by atoms with E-state index in [9.17, 15) is 17.6 Å². The van der Waals surface area contributed by atoms with Crippen LogP contribution in [0.3, 0.4) is 0 Å². The second-order valence-electron chi connectivity index (χ2n) is 6.75. The van der Waals surface area contributed by atoms with Crippen molar-refractivity contribution in [2.75, 3.05) is 39.3 Å². The third-order valence-corrected chi connectivity index (χ3v) is 6.64. The molecule has 144 valence electrons. The van der Waals surface area contributed by atoms with E-state index >= 15 is 0 Å². The standard InChI is InChI=1S/C17H24FN3O4S/c1-13-11-21(12-14(2)25-13)26(23,24)20-9-7-19(8-10-20)17(22)15-5-3-4-6-16(15)18/h3-6,13-14H,7-12H2,1-2H3/t13-,14-/m1/s1. The van der Waals surface area contributed by atoms with E-state index in [0.29, 0.717) is 13.1 Å². The van der Waals surface area contributed by atoms with Crippen molar-refractivity contribution in [1.29, 1.82) is 0 Å². The van der Waals surface area contributed by atoms with Crippen LogP contribution >= 0.6 is 0 Å².